The number of ether oxygens (including phenoxy) is 2. The molecule has 0 bridgehead atoms. The Morgan fingerprint density at radius 1 is 1.17 bits per heavy atom. The Hall–Kier alpha value is -1.26. The van der Waals surface area contributed by atoms with E-state index in [1.54, 1.807) is 0 Å². The lowest BCUT2D eigenvalue weighted by Gasteiger charge is -2.22. The largest absolute Gasteiger partial charge is 0.454 e. The van der Waals surface area contributed by atoms with E-state index in [4.69, 9.17) is 9.47 Å². The second-order valence-corrected chi connectivity index (χ2v) is 5.01. The van der Waals surface area contributed by atoms with Crippen LogP contribution in [0.1, 0.15) is 18.4 Å². The molecular weight excluding hydrogens is 228 g/mol. The normalized spacial score (nSPS) is 19.1. The third-order valence-electron chi connectivity index (χ3n) is 3.66. The minimum Gasteiger partial charge on any atom is -0.454 e. The van der Waals surface area contributed by atoms with Crippen LogP contribution in [0.2, 0.25) is 0 Å². The van der Waals surface area contributed by atoms with Gasteiger partial charge in [0.05, 0.1) is 0 Å². The van der Waals surface area contributed by atoms with Gasteiger partial charge in [0.25, 0.3) is 0 Å². The molecule has 0 aromatic heterocycles. The molecule has 0 radical (unpaired) electrons. The summed E-state index contributed by atoms with van der Waals surface area (Å²) in [6, 6.07) is 6.16. The molecule has 98 valence electrons. The zero-order chi connectivity index (χ0) is 12.2. The molecule has 0 amide bonds. The first-order valence-corrected chi connectivity index (χ1v) is 6.72. The van der Waals surface area contributed by atoms with Gasteiger partial charge in [-0.25, -0.2) is 0 Å². The van der Waals surface area contributed by atoms with E-state index in [1.165, 1.54) is 18.4 Å². The Bertz CT molecular complexity index is 403. The van der Waals surface area contributed by atoms with Crippen molar-refractivity contribution >= 4 is 0 Å². The minimum atomic E-state index is 0.349. The Labute approximate surface area is 108 Å². The molecule has 0 spiro atoms. The number of benzene rings is 1. The lowest BCUT2D eigenvalue weighted by Crippen LogP contribution is -2.33. The Kier molecular flexibility index (Phi) is 3.67. The van der Waals surface area contributed by atoms with Crippen molar-refractivity contribution in [3.8, 4) is 11.5 Å². The highest BCUT2D eigenvalue weighted by Gasteiger charge is 2.14. The zero-order valence-electron chi connectivity index (χ0n) is 10.6. The average Bonchev–Trinajstić information content (AvgIpc) is 2.87. The van der Waals surface area contributed by atoms with E-state index in [9.17, 15) is 0 Å². The maximum absolute atomic E-state index is 5.38. The van der Waals surface area contributed by atoms with Gasteiger partial charge in [0.1, 0.15) is 0 Å². The molecule has 4 nitrogen and oxygen atoms in total. The summed E-state index contributed by atoms with van der Waals surface area (Å²) in [6.45, 7) is 4.69. The molecule has 0 saturated carbocycles. The Morgan fingerprint density at radius 3 is 2.89 bits per heavy atom. The van der Waals surface area contributed by atoms with E-state index in [-0.39, 0.29) is 0 Å². The highest BCUT2D eigenvalue weighted by atomic mass is 16.7. The second kappa shape index (κ2) is 5.59. The number of rotatable bonds is 4. The Morgan fingerprint density at radius 2 is 2.00 bits per heavy atom. The molecule has 3 rings (SSSR count). The summed E-state index contributed by atoms with van der Waals surface area (Å²) in [7, 11) is 0. The Balaban J connectivity index is 1.48. The van der Waals surface area contributed by atoms with E-state index in [1.807, 2.05) is 6.07 Å². The fraction of sp³-hybridized carbons (Fsp3) is 0.571. The molecule has 0 atom stereocenters. The molecule has 1 fully saturated rings. The smallest absolute Gasteiger partial charge is 0.231 e. The summed E-state index contributed by atoms with van der Waals surface area (Å²) in [4.78, 5) is 0. The van der Waals surface area contributed by atoms with Crippen LogP contribution in [0.4, 0.5) is 0 Å². The number of hydrogen-bond donors (Lipinski definition) is 2. The quantitative estimate of drug-likeness (QED) is 0.847. The molecule has 2 heterocycles. The molecule has 2 aliphatic rings. The number of hydrogen-bond acceptors (Lipinski definition) is 4. The molecule has 1 saturated heterocycles. The highest BCUT2D eigenvalue weighted by Crippen LogP contribution is 2.32. The van der Waals surface area contributed by atoms with Crippen LogP contribution in [0.5, 0.6) is 11.5 Å². The molecular formula is C14H20N2O2. The topological polar surface area (TPSA) is 42.5 Å². The fourth-order valence-corrected chi connectivity index (χ4v) is 2.56. The third-order valence-corrected chi connectivity index (χ3v) is 3.66. The molecule has 2 aliphatic heterocycles. The van der Waals surface area contributed by atoms with Crippen LogP contribution >= 0.6 is 0 Å². The monoisotopic (exact) mass is 248 g/mol. The standard InChI is InChI=1S/C14H20N2O2/c1-2-13-14(18-10-17-13)7-12(1)9-16-8-11-3-5-15-6-4-11/h1-2,7,11,15-16H,3-6,8-10H2. The van der Waals surface area contributed by atoms with Crippen molar-refractivity contribution in [1.29, 1.82) is 0 Å². The van der Waals surface area contributed by atoms with Gasteiger partial charge in [0, 0.05) is 6.54 Å². The van der Waals surface area contributed by atoms with E-state index in [2.05, 4.69) is 22.8 Å². The summed E-state index contributed by atoms with van der Waals surface area (Å²) in [6.07, 6.45) is 2.57. The summed E-state index contributed by atoms with van der Waals surface area (Å²) in [5, 5.41) is 6.93. The van der Waals surface area contributed by atoms with Gasteiger partial charge >= 0.3 is 0 Å². The number of fused-ring (bicyclic) bond motifs is 1. The lowest BCUT2D eigenvalue weighted by molar-refractivity contribution is 0.174. The summed E-state index contributed by atoms with van der Waals surface area (Å²) in [5.41, 5.74) is 1.26. The first-order valence-electron chi connectivity index (χ1n) is 6.72. The van der Waals surface area contributed by atoms with Gasteiger partial charge in [0.15, 0.2) is 11.5 Å². The molecule has 4 heteroatoms. The van der Waals surface area contributed by atoms with E-state index >= 15 is 0 Å². The van der Waals surface area contributed by atoms with Gasteiger partial charge in [-0.2, -0.15) is 0 Å². The predicted molar refractivity (Wildman–Crippen MR) is 69.9 cm³/mol. The molecule has 1 aromatic carbocycles. The predicted octanol–water partition coefficient (Wildman–Crippen LogP) is 1.50. The van der Waals surface area contributed by atoms with Gasteiger partial charge in [-0.15, -0.1) is 0 Å². The fourth-order valence-electron chi connectivity index (χ4n) is 2.56. The van der Waals surface area contributed by atoms with Crippen molar-refractivity contribution in [2.24, 2.45) is 5.92 Å². The van der Waals surface area contributed by atoms with Crippen LogP contribution in [0.3, 0.4) is 0 Å². The van der Waals surface area contributed by atoms with E-state index < -0.39 is 0 Å². The SMILES string of the molecule is c1cc2c(cc1CNCC1CCNCC1)OCO2. The van der Waals surface area contributed by atoms with Gasteiger partial charge in [0.2, 0.25) is 6.79 Å². The zero-order valence-corrected chi connectivity index (χ0v) is 10.6. The first kappa shape index (κ1) is 11.8. The van der Waals surface area contributed by atoms with E-state index in [0.29, 0.717) is 6.79 Å². The lowest BCUT2D eigenvalue weighted by atomic mass is 9.98. The van der Waals surface area contributed by atoms with Crippen LogP contribution < -0.4 is 20.1 Å². The number of piperidine rings is 1. The van der Waals surface area contributed by atoms with Crippen LogP contribution in [-0.2, 0) is 6.54 Å². The molecule has 18 heavy (non-hydrogen) atoms. The van der Waals surface area contributed by atoms with Crippen LogP contribution in [0.15, 0.2) is 18.2 Å². The molecule has 1 aromatic rings. The van der Waals surface area contributed by atoms with Gasteiger partial charge < -0.3 is 20.1 Å². The highest BCUT2D eigenvalue weighted by molar-refractivity contribution is 5.44. The summed E-state index contributed by atoms with van der Waals surface area (Å²) in [5.74, 6) is 2.55. The van der Waals surface area contributed by atoms with Crippen molar-refractivity contribution in [2.45, 2.75) is 19.4 Å². The van der Waals surface area contributed by atoms with Gasteiger partial charge in [-0.3, -0.25) is 0 Å². The van der Waals surface area contributed by atoms with Crippen molar-refractivity contribution in [2.75, 3.05) is 26.4 Å². The molecule has 0 unspecified atom stereocenters. The van der Waals surface area contributed by atoms with Crippen LogP contribution in [0.25, 0.3) is 0 Å². The maximum atomic E-state index is 5.38. The van der Waals surface area contributed by atoms with Crippen LogP contribution in [0, 0.1) is 5.92 Å². The van der Waals surface area contributed by atoms with Gasteiger partial charge in [-0.05, 0) is 56.1 Å². The van der Waals surface area contributed by atoms with Crippen molar-refractivity contribution in [3.63, 3.8) is 0 Å². The first-order chi connectivity index (χ1) is 8.92. The molecule has 0 aliphatic carbocycles. The van der Waals surface area contributed by atoms with Crippen LogP contribution in [-0.4, -0.2) is 26.4 Å². The summed E-state index contributed by atoms with van der Waals surface area (Å²) >= 11 is 0. The van der Waals surface area contributed by atoms with Crippen molar-refractivity contribution in [1.82, 2.24) is 10.6 Å². The average molecular weight is 248 g/mol. The van der Waals surface area contributed by atoms with E-state index in [0.717, 1.165) is 43.6 Å². The maximum Gasteiger partial charge on any atom is 0.231 e. The van der Waals surface area contributed by atoms with Crippen molar-refractivity contribution in [3.05, 3.63) is 23.8 Å². The second-order valence-electron chi connectivity index (χ2n) is 5.01. The third kappa shape index (κ3) is 2.76. The van der Waals surface area contributed by atoms with Gasteiger partial charge in [-0.1, -0.05) is 6.07 Å². The molecule has 2 N–H and O–H groups in total. The number of nitrogens with one attached hydrogen (secondary N) is 2. The summed E-state index contributed by atoms with van der Waals surface area (Å²) < 4.78 is 10.7. The van der Waals surface area contributed by atoms with Crippen molar-refractivity contribution < 1.29 is 9.47 Å². The minimum absolute atomic E-state index is 0.349.